The molecule has 0 bridgehead atoms. The van der Waals surface area contributed by atoms with E-state index >= 15 is 0 Å². The van der Waals surface area contributed by atoms with E-state index in [9.17, 15) is 0 Å². The average Bonchev–Trinajstić information content (AvgIpc) is 2.89. The van der Waals surface area contributed by atoms with Gasteiger partial charge in [0.05, 0.1) is 0 Å². The van der Waals surface area contributed by atoms with Crippen LogP contribution in [0.25, 0.3) is 0 Å². The Morgan fingerprint density at radius 2 is 2.16 bits per heavy atom. The van der Waals surface area contributed by atoms with Gasteiger partial charge in [0.2, 0.25) is 11.7 Å². The van der Waals surface area contributed by atoms with Gasteiger partial charge in [-0.05, 0) is 19.4 Å². The highest BCUT2D eigenvalue weighted by atomic mass is 16.5. The molecule has 0 aromatic carbocycles. The van der Waals surface area contributed by atoms with Gasteiger partial charge in [-0.15, -0.1) is 0 Å². The third kappa shape index (κ3) is 3.32. The van der Waals surface area contributed by atoms with Crippen LogP contribution < -0.4 is 5.73 Å². The second-order valence-electron chi connectivity index (χ2n) is 5.10. The van der Waals surface area contributed by atoms with E-state index in [4.69, 9.17) is 19.7 Å². The van der Waals surface area contributed by atoms with E-state index in [0.717, 1.165) is 12.8 Å². The number of hydrogen-bond acceptors (Lipinski definition) is 6. The summed E-state index contributed by atoms with van der Waals surface area (Å²) in [6.45, 7) is 6.63. The fraction of sp³-hybridized carbons (Fsp3) is 0.846. The van der Waals surface area contributed by atoms with Crippen molar-refractivity contribution in [2.24, 2.45) is 11.7 Å². The van der Waals surface area contributed by atoms with Crippen LogP contribution in [0.3, 0.4) is 0 Å². The van der Waals surface area contributed by atoms with Crippen molar-refractivity contribution >= 4 is 0 Å². The molecule has 1 saturated heterocycles. The van der Waals surface area contributed by atoms with Gasteiger partial charge in [0, 0.05) is 39.1 Å². The molecule has 2 N–H and O–H groups in total. The first-order valence-corrected chi connectivity index (χ1v) is 6.95. The Labute approximate surface area is 113 Å². The van der Waals surface area contributed by atoms with Crippen LogP contribution in [0, 0.1) is 5.92 Å². The zero-order valence-corrected chi connectivity index (χ0v) is 11.7. The van der Waals surface area contributed by atoms with Crippen LogP contribution in [-0.4, -0.2) is 36.5 Å². The van der Waals surface area contributed by atoms with E-state index in [1.807, 2.05) is 6.92 Å². The van der Waals surface area contributed by atoms with Crippen molar-refractivity contribution in [3.05, 3.63) is 11.7 Å². The van der Waals surface area contributed by atoms with E-state index in [2.05, 4.69) is 17.1 Å². The Morgan fingerprint density at radius 1 is 1.42 bits per heavy atom. The lowest BCUT2D eigenvalue weighted by molar-refractivity contribution is -0.118. The number of aromatic nitrogens is 2. The summed E-state index contributed by atoms with van der Waals surface area (Å²) < 4.78 is 16.6. The summed E-state index contributed by atoms with van der Waals surface area (Å²) in [6, 6.07) is 0. The average molecular weight is 269 g/mol. The Balaban J connectivity index is 2.13. The van der Waals surface area contributed by atoms with Crippen LogP contribution >= 0.6 is 0 Å². The molecule has 6 nitrogen and oxygen atoms in total. The third-order valence-corrected chi connectivity index (χ3v) is 3.52. The Kier molecular flexibility index (Phi) is 4.90. The van der Waals surface area contributed by atoms with E-state index in [-0.39, 0.29) is 0 Å². The lowest BCUT2D eigenvalue weighted by atomic mass is 9.93. The molecule has 1 aromatic rings. The Bertz CT molecular complexity index is 383. The lowest BCUT2D eigenvalue weighted by Crippen LogP contribution is -2.37. The van der Waals surface area contributed by atoms with Gasteiger partial charge < -0.3 is 19.7 Å². The maximum atomic E-state index is 5.91. The van der Waals surface area contributed by atoms with Gasteiger partial charge in [-0.3, -0.25) is 0 Å². The predicted molar refractivity (Wildman–Crippen MR) is 69.6 cm³/mol. The molecule has 1 aliphatic rings. The molecule has 1 fully saturated rings. The summed E-state index contributed by atoms with van der Waals surface area (Å²) >= 11 is 0. The normalized spacial score (nSPS) is 20.4. The topological polar surface area (TPSA) is 83.4 Å². The van der Waals surface area contributed by atoms with E-state index in [0.29, 0.717) is 50.4 Å². The van der Waals surface area contributed by atoms with Crippen LogP contribution in [0.4, 0.5) is 0 Å². The minimum atomic E-state index is -0.444. The molecule has 1 atom stereocenters. The molecule has 2 heterocycles. The minimum Gasteiger partial charge on any atom is -0.381 e. The summed E-state index contributed by atoms with van der Waals surface area (Å²) in [5.41, 5.74) is 5.17. The number of nitrogens with zero attached hydrogens (tertiary/aromatic N) is 2. The molecule has 0 spiro atoms. The zero-order valence-electron chi connectivity index (χ0n) is 11.7. The number of ether oxygens (including phenoxy) is 2. The molecule has 0 radical (unpaired) electrons. The molecule has 2 rings (SSSR count). The standard InChI is InChI=1S/C13H23N3O3/c1-3-18-13(4-6-17-7-5-13)12-15-11(19-16-12)8-10(2)9-14/h10H,3-9,14H2,1-2H3. The molecule has 0 amide bonds. The maximum absolute atomic E-state index is 5.91. The van der Waals surface area contributed by atoms with Gasteiger partial charge in [-0.25, -0.2) is 0 Å². The molecule has 1 unspecified atom stereocenters. The number of nitrogens with two attached hydrogens (primary N) is 1. The first-order chi connectivity index (χ1) is 9.20. The van der Waals surface area contributed by atoms with Crippen LogP contribution in [-0.2, 0) is 21.5 Å². The molecule has 1 aromatic heterocycles. The van der Waals surface area contributed by atoms with Crippen molar-refractivity contribution in [3.63, 3.8) is 0 Å². The smallest absolute Gasteiger partial charge is 0.227 e. The van der Waals surface area contributed by atoms with Gasteiger partial charge in [-0.2, -0.15) is 4.98 Å². The van der Waals surface area contributed by atoms with Crippen LogP contribution in [0.5, 0.6) is 0 Å². The van der Waals surface area contributed by atoms with Crippen molar-refractivity contribution in [3.8, 4) is 0 Å². The van der Waals surface area contributed by atoms with Crippen LogP contribution in [0.15, 0.2) is 4.52 Å². The quantitative estimate of drug-likeness (QED) is 0.836. The van der Waals surface area contributed by atoms with Gasteiger partial charge in [0.25, 0.3) is 0 Å². The highest BCUT2D eigenvalue weighted by Gasteiger charge is 2.39. The van der Waals surface area contributed by atoms with Crippen molar-refractivity contribution in [1.82, 2.24) is 10.1 Å². The first kappa shape index (κ1) is 14.4. The Hall–Kier alpha value is -0.980. The molecule has 0 aliphatic carbocycles. The minimum absolute atomic E-state index is 0.339. The molecule has 0 saturated carbocycles. The summed E-state index contributed by atoms with van der Waals surface area (Å²) in [4.78, 5) is 4.50. The molecule has 19 heavy (non-hydrogen) atoms. The SMILES string of the molecule is CCOC1(c2noc(CC(C)CN)n2)CCOCC1. The Morgan fingerprint density at radius 3 is 2.79 bits per heavy atom. The van der Waals surface area contributed by atoms with E-state index < -0.39 is 5.60 Å². The summed E-state index contributed by atoms with van der Waals surface area (Å²) in [5.74, 6) is 1.63. The van der Waals surface area contributed by atoms with Crippen LogP contribution in [0.2, 0.25) is 0 Å². The first-order valence-electron chi connectivity index (χ1n) is 6.95. The fourth-order valence-corrected chi connectivity index (χ4v) is 2.31. The highest BCUT2D eigenvalue weighted by Crippen LogP contribution is 2.34. The molecule has 108 valence electrons. The lowest BCUT2D eigenvalue weighted by Gasteiger charge is -2.33. The molecule has 6 heteroatoms. The summed E-state index contributed by atoms with van der Waals surface area (Å²) in [6.07, 6.45) is 2.25. The highest BCUT2D eigenvalue weighted by molar-refractivity contribution is 5.03. The second kappa shape index (κ2) is 6.45. The third-order valence-electron chi connectivity index (χ3n) is 3.52. The monoisotopic (exact) mass is 269 g/mol. The van der Waals surface area contributed by atoms with Crippen molar-refractivity contribution < 1.29 is 14.0 Å². The summed E-state index contributed by atoms with van der Waals surface area (Å²) in [7, 11) is 0. The van der Waals surface area contributed by atoms with Crippen molar-refractivity contribution in [2.45, 2.75) is 38.7 Å². The van der Waals surface area contributed by atoms with E-state index in [1.54, 1.807) is 0 Å². The van der Waals surface area contributed by atoms with Crippen molar-refractivity contribution in [1.29, 1.82) is 0 Å². The van der Waals surface area contributed by atoms with Gasteiger partial charge in [-0.1, -0.05) is 12.1 Å². The maximum Gasteiger partial charge on any atom is 0.227 e. The van der Waals surface area contributed by atoms with Crippen molar-refractivity contribution in [2.75, 3.05) is 26.4 Å². The van der Waals surface area contributed by atoms with Gasteiger partial charge >= 0.3 is 0 Å². The second-order valence-corrected chi connectivity index (χ2v) is 5.10. The van der Waals surface area contributed by atoms with E-state index in [1.165, 1.54) is 0 Å². The predicted octanol–water partition coefficient (Wildman–Crippen LogP) is 1.25. The molecular weight excluding hydrogens is 246 g/mol. The fourth-order valence-electron chi connectivity index (χ4n) is 2.31. The zero-order chi connectivity index (χ0) is 13.7. The number of hydrogen-bond donors (Lipinski definition) is 1. The summed E-state index contributed by atoms with van der Waals surface area (Å²) in [5, 5.41) is 4.11. The molecule has 1 aliphatic heterocycles. The number of rotatable bonds is 6. The largest absolute Gasteiger partial charge is 0.381 e. The van der Waals surface area contributed by atoms with Gasteiger partial charge in [0.1, 0.15) is 5.60 Å². The van der Waals surface area contributed by atoms with Gasteiger partial charge in [0.15, 0.2) is 0 Å². The van der Waals surface area contributed by atoms with Crippen LogP contribution in [0.1, 0.15) is 38.4 Å². The molecular formula is C13H23N3O3.